The summed E-state index contributed by atoms with van der Waals surface area (Å²) in [7, 11) is 1.45. The predicted octanol–water partition coefficient (Wildman–Crippen LogP) is 2.53. The second-order valence-corrected chi connectivity index (χ2v) is 7.38. The molecule has 0 fully saturated rings. The maximum atomic E-state index is 13.3. The van der Waals surface area contributed by atoms with Crippen molar-refractivity contribution >= 4 is 23.0 Å². The number of rotatable bonds is 4. The monoisotopic (exact) mass is 429 g/mol. The zero-order valence-electron chi connectivity index (χ0n) is 17.1. The first kappa shape index (κ1) is 19.7. The van der Waals surface area contributed by atoms with Crippen LogP contribution in [0.5, 0.6) is 6.01 Å². The van der Waals surface area contributed by atoms with Crippen LogP contribution in [-0.4, -0.2) is 44.0 Å². The van der Waals surface area contributed by atoms with Crippen molar-refractivity contribution in [3.05, 3.63) is 89.2 Å². The average Bonchev–Trinajstić information content (AvgIpc) is 3.32. The molecule has 2 amide bonds. The fourth-order valence-electron chi connectivity index (χ4n) is 3.97. The molecule has 160 valence electrons. The molecule has 1 unspecified atom stereocenters. The Morgan fingerprint density at radius 3 is 2.75 bits per heavy atom. The molecular formula is C23H19N5O4. The van der Waals surface area contributed by atoms with E-state index in [0.717, 1.165) is 5.56 Å². The first-order chi connectivity index (χ1) is 15.5. The van der Waals surface area contributed by atoms with Gasteiger partial charge in [-0.05, 0) is 35.9 Å². The number of aliphatic hydroxyl groups is 1. The quantitative estimate of drug-likeness (QED) is 0.459. The number of pyridine rings is 1. The molecular weight excluding hydrogens is 410 g/mol. The van der Waals surface area contributed by atoms with E-state index < -0.39 is 11.8 Å². The van der Waals surface area contributed by atoms with Gasteiger partial charge in [0.2, 0.25) is 0 Å². The van der Waals surface area contributed by atoms with E-state index in [0.29, 0.717) is 27.7 Å². The van der Waals surface area contributed by atoms with Gasteiger partial charge in [-0.3, -0.25) is 14.7 Å². The number of nitrogens with one attached hydrogen (secondary N) is 2. The van der Waals surface area contributed by atoms with Crippen LogP contribution < -0.4 is 10.1 Å². The highest BCUT2D eigenvalue weighted by atomic mass is 16.6. The molecule has 1 atom stereocenters. The molecule has 3 heterocycles. The first-order valence-electron chi connectivity index (χ1n) is 9.93. The van der Waals surface area contributed by atoms with E-state index in [-0.39, 0.29) is 18.5 Å². The number of ether oxygens (including phenoxy) is 1. The standard InChI is InChI=1S/C23H19N5O4/c1-24-22(30)32-21-26-18-7-6-15(12-19(18)27-21)23(31)17-5-3-2-4-16(17)20(29)28(23)13-14-8-10-25-11-9-14/h2-12,31H,13H2,1H3,(H,24,30)(H,26,27). The Bertz CT molecular complexity index is 1340. The summed E-state index contributed by atoms with van der Waals surface area (Å²) in [5.41, 5.74) is 1.66. The molecule has 2 aromatic carbocycles. The van der Waals surface area contributed by atoms with Gasteiger partial charge in [-0.25, -0.2) is 4.79 Å². The van der Waals surface area contributed by atoms with Crippen LogP contribution in [0, 0.1) is 0 Å². The third-order valence-corrected chi connectivity index (χ3v) is 5.52. The molecule has 9 heteroatoms. The van der Waals surface area contributed by atoms with E-state index in [1.165, 1.54) is 11.9 Å². The molecule has 4 aromatic rings. The average molecular weight is 429 g/mol. The van der Waals surface area contributed by atoms with Crippen molar-refractivity contribution in [2.75, 3.05) is 7.05 Å². The SMILES string of the molecule is CNC(=O)Oc1nc2ccc(C3(O)c4ccccc4C(=O)N3Cc3ccncc3)cc2[nH]1. The normalized spacial score (nSPS) is 17.4. The largest absolute Gasteiger partial charge is 0.414 e. The summed E-state index contributed by atoms with van der Waals surface area (Å²) in [6.07, 6.45) is 2.64. The third kappa shape index (κ3) is 3.07. The maximum absolute atomic E-state index is 13.3. The first-order valence-corrected chi connectivity index (χ1v) is 9.93. The number of carbonyl (C=O) groups excluding carboxylic acids is 2. The van der Waals surface area contributed by atoms with E-state index in [4.69, 9.17) is 4.74 Å². The van der Waals surface area contributed by atoms with Gasteiger partial charge in [-0.15, -0.1) is 0 Å². The topological polar surface area (TPSA) is 120 Å². The molecule has 2 aromatic heterocycles. The van der Waals surface area contributed by atoms with Crippen molar-refractivity contribution in [2.45, 2.75) is 12.3 Å². The van der Waals surface area contributed by atoms with Crippen molar-refractivity contribution in [3.8, 4) is 6.01 Å². The lowest BCUT2D eigenvalue weighted by atomic mass is 9.93. The summed E-state index contributed by atoms with van der Waals surface area (Å²) in [5, 5.41) is 14.4. The van der Waals surface area contributed by atoms with Crippen LogP contribution in [0.4, 0.5) is 4.79 Å². The highest BCUT2D eigenvalue weighted by Crippen LogP contribution is 2.43. The van der Waals surface area contributed by atoms with E-state index in [1.54, 1.807) is 67.0 Å². The van der Waals surface area contributed by atoms with E-state index in [1.807, 2.05) is 0 Å². The molecule has 1 aliphatic rings. The lowest BCUT2D eigenvalue weighted by Gasteiger charge is -2.35. The van der Waals surface area contributed by atoms with Crippen LogP contribution in [0.1, 0.15) is 27.0 Å². The summed E-state index contributed by atoms with van der Waals surface area (Å²) >= 11 is 0. The summed E-state index contributed by atoms with van der Waals surface area (Å²) in [4.78, 5) is 37.4. The number of aromatic amines is 1. The van der Waals surface area contributed by atoms with Crippen LogP contribution in [0.25, 0.3) is 11.0 Å². The molecule has 0 spiro atoms. The summed E-state index contributed by atoms with van der Waals surface area (Å²) in [6, 6.07) is 15.8. The van der Waals surface area contributed by atoms with Crippen LogP contribution in [0.2, 0.25) is 0 Å². The number of hydrogen-bond acceptors (Lipinski definition) is 6. The van der Waals surface area contributed by atoms with Crippen molar-refractivity contribution in [1.29, 1.82) is 0 Å². The van der Waals surface area contributed by atoms with Gasteiger partial charge in [0.15, 0.2) is 5.72 Å². The van der Waals surface area contributed by atoms with Gasteiger partial charge in [0.1, 0.15) is 0 Å². The second kappa shape index (κ2) is 7.47. The number of H-pyrrole nitrogens is 1. The van der Waals surface area contributed by atoms with Gasteiger partial charge in [0.05, 0.1) is 11.0 Å². The van der Waals surface area contributed by atoms with Crippen LogP contribution in [0.15, 0.2) is 67.0 Å². The number of fused-ring (bicyclic) bond motifs is 2. The Labute approximate surface area is 182 Å². The van der Waals surface area contributed by atoms with Crippen molar-refractivity contribution in [3.63, 3.8) is 0 Å². The molecule has 5 rings (SSSR count). The summed E-state index contributed by atoms with van der Waals surface area (Å²) in [5.74, 6) is -0.270. The van der Waals surface area contributed by atoms with Crippen molar-refractivity contribution in [1.82, 2.24) is 25.2 Å². The van der Waals surface area contributed by atoms with Gasteiger partial charge in [0, 0.05) is 42.7 Å². The molecule has 0 bridgehead atoms. The zero-order valence-corrected chi connectivity index (χ0v) is 17.1. The van der Waals surface area contributed by atoms with Gasteiger partial charge >= 0.3 is 12.1 Å². The minimum atomic E-state index is -1.70. The number of carbonyl (C=O) groups is 2. The fraction of sp³-hybridized carbons (Fsp3) is 0.130. The number of hydrogen-bond donors (Lipinski definition) is 3. The molecule has 1 aliphatic heterocycles. The van der Waals surface area contributed by atoms with Gasteiger partial charge in [-0.2, -0.15) is 4.98 Å². The third-order valence-electron chi connectivity index (χ3n) is 5.52. The van der Waals surface area contributed by atoms with Crippen LogP contribution >= 0.6 is 0 Å². The van der Waals surface area contributed by atoms with Crippen molar-refractivity contribution < 1.29 is 19.4 Å². The molecule has 3 N–H and O–H groups in total. The molecule has 0 radical (unpaired) electrons. The Hall–Kier alpha value is -4.24. The number of aromatic nitrogens is 3. The minimum Gasteiger partial charge on any atom is -0.375 e. The lowest BCUT2D eigenvalue weighted by molar-refractivity contribution is -0.0542. The molecule has 0 saturated heterocycles. The highest BCUT2D eigenvalue weighted by molar-refractivity contribution is 6.00. The summed E-state index contributed by atoms with van der Waals surface area (Å²) in [6.45, 7) is 0.193. The Balaban J connectivity index is 1.61. The Morgan fingerprint density at radius 2 is 1.97 bits per heavy atom. The molecule has 32 heavy (non-hydrogen) atoms. The van der Waals surface area contributed by atoms with E-state index in [9.17, 15) is 14.7 Å². The van der Waals surface area contributed by atoms with Gasteiger partial charge in [-0.1, -0.05) is 24.3 Å². The number of nitrogens with zero attached hydrogens (tertiary/aromatic N) is 3. The Kier molecular flexibility index (Phi) is 4.60. The lowest BCUT2D eigenvalue weighted by Crippen LogP contribution is -2.44. The molecule has 0 saturated carbocycles. The van der Waals surface area contributed by atoms with Gasteiger partial charge in [0.25, 0.3) is 5.91 Å². The predicted molar refractivity (Wildman–Crippen MR) is 115 cm³/mol. The van der Waals surface area contributed by atoms with Crippen LogP contribution in [0.3, 0.4) is 0 Å². The van der Waals surface area contributed by atoms with Crippen molar-refractivity contribution in [2.24, 2.45) is 0 Å². The molecule has 0 aliphatic carbocycles. The van der Waals surface area contributed by atoms with E-state index >= 15 is 0 Å². The second-order valence-electron chi connectivity index (χ2n) is 7.38. The number of amides is 2. The highest BCUT2D eigenvalue weighted by Gasteiger charge is 2.49. The maximum Gasteiger partial charge on any atom is 0.414 e. The van der Waals surface area contributed by atoms with Gasteiger partial charge < -0.3 is 20.1 Å². The number of benzene rings is 2. The summed E-state index contributed by atoms with van der Waals surface area (Å²) < 4.78 is 5.06. The minimum absolute atomic E-state index is 0.0278. The Morgan fingerprint density at radius 1 is 1.19 bits per heavy atom. The molecule has 9 nitrogen and oxygen atoms in total. The smallest absolute Gasteiger partial charge is 0.375 e. The fourth-order valence-corrected chi connectivity index (χ4v) is 3.97. The van der Waals surface area contributed by atoms with Crippen LogP contribution in [-0.2, 0) is 12.3 Å². The zero-order chi connectivity index (χ0) is 22.3. The number of imidazole rings is 1. The van der Waals surface area contributed by atoms with E-state index in [2.05, 4.69) is 20.3 Å².